The van der Waals surface area contributed by atoms with Crippen molar-refractivity contribution in [3.63, 3.8) is 0 Å². The van der Waals surface area contributed by atoms with Crippen LogP contribution in [-0.4, -0.2) is 35.7 Å². The Bertz CT molecular complexity index is 179. The Kier molecular flexibility index (Phi) is 2.26. The van der Waals surface area contributed by atoms with E-state index in [9.17, 15) is 5.11 Å². The molecule has 1 heterocycles. The molecule has 0 aromatic heterocycles. The molecule has 1 aliphatic heterocycles. The highest BCUT2D eigenvalue weighted by Crippen LogP contribution is 2.47. The Morgan fingerprint density at radius 1 is 1.42 bits per heavy atom. The highest BCUT2D eigenvalue weighted by molar-refractivity contribution is 5.05. The van der Waals surface area contributed by atoms with Gasteiger partial charge in [-0.25, -0.2) is 0 Å². The highest BCUT2D eigenvalue weighted by Gasteiger charge is 2.52. The summed E-state index contributed by atoms with van der Waals surface area (Å²) < 4.78 is 0. The van der Waals surface area contributed by atoms with Crippen molar-refractivity contribution >= 4 is 0 Å². The Morgan fingerprint density at radius 3 is 2.08 bits per heavy atom. The Labute approximate surface area is 75.6 Å². The Morgan fingerprint density at radius 2 is 1.92 bits per heavy atom. The third-order valence-electron chi connectivity index (χ3n) is 4.32. The summed E-state index contributed by atoms with van der Waals surface area (Å²) in [6.45, 7) is 10.2. The fourth-order valence-electron chi connectivity index (χ4n) is 2.23. The lowest BCUT2D eigenvalue weighted by molar-refractivity contribution is 0.0252. The first-order valence-corrected chi connectivity index (χ1v) is 4.68. The topological polar surface area (TPSA) is 23.5 Å². The number of nitrogens with zero attached hydrogens (tertiary/aromatic N) is 1. The van der Waals surface area contributed by atoms with Crippen molar-refractivity contribution in [1.82, 2.24) is 4.90 Å². The molecule has 2 atom stereocenters. The number of aliphatic hydroxyl groups excluding tert-OH is 1. The molecule has 1 rings (SSSR count). The summed E-state index contributed by atoms with van der Waals surface area (Å²) in [5, 5.41) is 9.42. The maximum Gasteiger partial charge on any atom is 0.0505 e. The summed E-state index contributed by atoms with van der Waals surface area (Å²) in [6.07, 6.45) is 0. The van der Waals surface area contributed by atoms with Crippen LogP contribution in [0.3, 0.4) is 0 Å². The van der Waals surface area contributed by atoms with Crippen molar-refractivity contribution in [3.8, 4) is 0 Å². The van der Waals surface area contributed by atoms with Crippen molar-refractivity contribution in [1.29, 1.82) is 0 Å². The van der Waals surface area contributed by atoms with Crippen LogP contribution in [0.4, 0.5) is 0 Å². The van der Waals surface area contributed by atoms with Gasteiger partial charge < -0.3 is 10.0 Å². The van der Waals surface area contributed by atoms with Gasteiger partial charge in [-0.05, 0) is 26.8 Å². The van der Waals surface area contributed by atoms with Crippen LogP contribution in [0.1, 0.15) is 27.7 Å². The summed E-state index contributed by atoms with van der Waals surface area (Å²) >= 11 is 0. The number of hydrogen-bond acceptors (Lipinski definition) is 2. The first-order chi connectivity index (χ1) is 5.36. The van der Waals surface area contributed by atoms with Gasteiger partial charge in [-0.2, -0.15) is 0 Å². The zero-order chi connectivity index (χ0) is 9.57. The molecule has 12 heavy (non-hydrogen) atoms. The second-order valence-corrected chi connectivity index (χ2v) is 4.92. The van der Waals surface area contributed by atoms with Crippen molar-refractivity contribution in [2.45, 2.75) is 33.2 Å². The van der Waals surface area contributed by atoms with Gasteiger partial charge in [-0.15, -0.1) is 0 Å². The molecule has 2 nitrogen and oxygen atoms in total. The molecule has 72 valence electrons. The van der Waals surface area contributed by atoms with Crippen LogP contribution in [0.2, 0.25) is 0 Å². The van der Waals surface area contributed by atoms with Gasteiger partial charge in [-0.3, -0.25) is 0 Å². The standard InChI is InChI=1S/C10H21NO/c1-8-6-11(5)9(2,3)10(8,4)7-12/h8,12H,6-7H2,1-5H3. The molecule has 0 spiro atoms. The summed E-state index contributed by atoms with van der Waals surface area (Å²) in [4.78, 5) is 2.34. The second kappa shape index (κ2) is 2.71. The largest absolute Gasteiger partial charge is 0.396 e. The molecule has 0 radical (unpaired) electrons. The molecule has 0 aromatic carbocycles. The normalized spacial score (nSPS) is 42.0. The quantitative estimate of drug-likeness (QED) is 0.643. The number of rotatable bonds is 1. The molecule has 0 aromatic rings. The minimum atomic E-state index is 0.0434. The maximum atomic E-state index is 9.42. The zero-order valence-corrected chi connectivity index (χ0v) is 8.89. The molecule has 1 aliphatic rings. The third-order valence-corrected chi connectivity index (χ3v) is 4.32. The first-order valence-electron chi connectivity index (χ1n) is 4.68. The van der Waals surface area contributed by atoms with Crippen LogP contribution >= 0.6 is 0 Å². The number of hydrogen-bond donors (Lipinski definition) is 1. The lowest BCUT2D eigenvalue weighted by Gasteiger charge is -2.42. The number of aliphatic hydroxyl groups is 1. The van der Waals surface area contributed by atoms with Crippen molar-refractivity contribution in [2.75, 3.05) is 20.2 Å². The molecule has 2 heteroatoms. The SMILES string of the molecule is CC1CN(C)C(C)(C)C1(C)CO. The third kappa shape index (κ3) is 1.01. The van der Waals surface area contributed by atoms with Crippen LogP contribution in [0.15, 0.2) is 0 Å². The summed E-state index contributed by atoms with van der Waals surface area (Å²) in [6, 6.07) is 0. The molecule has 0 saturated carbocycles. The fourth-order valence-corrected chi connectivity index (χ4v) is 2.23. The van der Waals surface area contributed by atoms with E-state index in [1.165, 1.54) is 0 Å². The molecule has 1 saturated heterocycles. The molecule has 1 N–H and O–H groups in total. The van der Waals surface area contributed by atoms with E-state index < -0.39 is 0 Å². The van der Waals surface area contributed by atoms with E-state index in [0.29, 0.717) is 5.92 Å². The zero-order valence-electron chi connectivity index (χ0n) is 8.89. The maximum absolute atomic E-state index is 9.42. The molecule has 0 aliphatic carbocycles. The monoisotopic (exact) mass is 171 g/mol. The molecule has 2 unspecified atom stereocenters. The van der Waals surface area contributed by atoms with E-state index in [4.69, 9.17) is 0 Å². The van der Waals surface area contributed by atoms with Gasteiger partial charge in [-0.1, -0.05) is 13.8 Å². The number of likely N-dealkylation sites (tertiary alicyclic amines) is 1. The van der Waals surface area contributed by atoms with Crippen LogP contribution < -0.4 is 0 Å². The van der Waals surface area contributed by atoms with E-state index in [1.54, 1.807) is 0 Å². The summed E-state index contributed by atoms with van der Waals surface area (Å²) in [5.74, 6) is 0.572. The van der Waals surface area contributed by atoms with Crippen LogP contribution in [0.25, 0.3) is 0 Å². The van der Waals surface area contributed by atoms with Gasteiger partial charge in [0.1, 0.15) is 0 Å². The average Bonchev–Trinajstić information content (AvgIpc) is 2.14. The van der Waals surface area contributed by atoms with E-state index in [2.05, 4.69) is 39.6 Å². The van der Waals surface area contributed by atoms with Gasteiger partial charge in [0.15, 0.2) is 0 Å². The summed E-state index contributed by atoms with van der Waals surface area (Å²) in [5.41, 5.74) is 0.156. The molecule has 1 fully saturated rings. The van der Waals surface area contributed by atoms with Gasteiger partial charge in [0.05, 0.1) is 6.61 Å². The Balaban J connectivity index is 2.98. The first kappa shape index (κ1) is 10.0. The van der Waals surface area contributed by atoms with Crippen molar-refractivity contribution < 1.29 is 5.11 Å². The smallest absolute Gasteiger partial charge is 0.0505 e. The molecule has 0 bridgehead atoms. The molecular formula is C10H21NO. The second-order valence-electron chi connectivity index (χ2n) is 4.92. The van der Waals surface area contributed by atoms with Crippen molar-refractivity contribution in [3.05, 3.63) is 0 Å². The van der Waals surface area contributed by atoms with Crippen molar-refractivity contribution in [2.24, 2.45) is 11.3 Å². The van der Waals surface area contributed by atoms with Gasteiger partial charge in [0.25, 0.3) is 0 Å². The molecule has 0 amide bonds. The van der Waals surface area contributed by atoms with Crippen LogP contribution in [0, 0.1) is 11.3 Å². The van der Waals surface area contributed by atoms with E-state index in [0.717, 1.165) is 6.54 Å². The lowest BCUT2D eigenvalue weighted by atomic mass is 9.69. The fraction of sp³-hybridized carbons (Fsp3) is 1.00. The van der Waals surface area contributed by atoms with Gasteiger partial charge in [0.2, 0.25) is 0 Å². The van der Waals surface area contributed by atoms with Gasteiger partial charge >= 0.3 is 0 Å². The average molecular weight is 171 g/mol. The Hall–Kier alpha value is -0.0800. The van der Waals surface area contributed by atoms with Gasteiger partial charge in [0, 0.05) is 17.5 Å². The van der Waals surface area contributed by atoms with E-state index >= 15 is 0 Å². The predicted molar refractivity (Wildman–Crippen MR) is 51.1 cm³/mol. The molecular weight excluding hydrogens is 150 g/mol. The minimum absolute atomic E-state index is 0.0434. The minimum Gasteiger partial charge on any atom is -0.396 e. The van der Waals surface area contributed by atoms with E-state index in [-0.39, 0.29) is 17.6 Å². The van der Waals surface area contributed by atoms with E-state index in [1.807, 2.05) is 0 Å². The lowest BCUT2D eigenvalue weighted by Crippen LogP contribution is -2.48. The summed E-state index contributed by atoms with van der Waals surface area (Å²) in [7, 11) is 2.14. The predicted octanol–water partition coefficient (Wildman–Crippen LogP) is 1.35. The highest BCUT2D eigenvalue weighted by atomic mass is 16.3. The van der Waals surface area contributed by atoms with Crippen LogP contribution in [0.5, 0.6) is 0 Å². The van der Waals surface area contributed by atoms with Crippen LogP contribution in [-0.2, 0) is 0 Å².